The molecule has 1 heterocycles. The lowest BCUT2D eigenvalue weighted by Gasteiger charge is -2.19. The maximum absolute atomic E-state index is 11.4. The Hall–Kier alpha value is -2.57. The van der Waals surface area contributed by atoms with Gasteiger partial charge in [0.05, 0.1) is 14.2 Å². The highest BCUT2D eigenvalue weighted by atomic mass is 16.5. The molecular weight excluding hydrogens is 310 g/mol. The number of methoxy groups -OCH3 is 2. The van der Waals surface area contributed by atoms with Gasteiger partial charge in [-0.05, 0) is 24.1 Å². The van der Waals surface area contributed by atoms with Crippen LogP contribution in [0.15, 0.2) is 22.7 Å². The maximum atomic E-state index is 11.4. The summed E-state index contributed by atoms with van der Waals surface area (Å²) < 4.78 is 15.9. The van der Waals surface area contributed by atoms with E-state index in [2.05, 4.69) is 15.5 Å². The van der Waals surface area contributed by atoms with Gasteiger partial charge in [-0.1, -0.05) is 25.4 Å². The van der Waals surface area contributed by atoms with E-state index in [1.807, 2.05) is 19.9 Å². The first-order valence-electron chi connectivity index (χ1n) is 7.83. The SMILES string of the molecule is CC[C@H](C)[C@H](NC(C)=O)c1nc(-c2ccc(OC)c(OC)c2)no1. The second-order valence-corrected chi connectivity index (χ2v) is 5.59. The Kier molecular flexibility index (Phi) is 5.78. The summed E-state index contributed by atoms with van der Waals surface area (Å²) in [5.74, 6) is 2.08. The summed E-state index contributed by atoms with van der Waals surface area (Å²) >= 11 is 0. The molecule has 0 unspecified atom stereocenters. The van der Waals surface area contributed by atoms with E-state index in [0.29, 0.717) is 23.2 Å². The van der Waals surface area contributed by atoms with Crippen molar-refractivity contribution in [1.29, 1.82) is 0 Å². The van der Waals surface area contributed by atoms with Crippen LogP contribution in [0.4, 0.5) is 0 Å². The molecule has 1 aromatic heterocycles. The van der Waals surface area contributed by atoms with Crippen LogP contribution in [0.1, 0.15) is 39.1 Å². The molecule has 7 heteroatoms. The van der Waals surface area contributed by atoms with E-state index in [1.165, 1.54) is 6.92 Å². The Labute approximate surface area is 141 Å². The van der Waals surface area contributed by atoms with Crippen LogP contribution in [0.25, 0.3) is 11.4 Å². The highest BCUT2D eigenvalue weighted by Gasteiger charge is 2.25. The van der Waals surface area contributed by atoms with Gasteiger partial charge in [-0.15, -0.1) is 0 Å². The van der Waals surface area contributed by atoms with Gasteiger partial charge in [0.15, 0.2) is 11.5 Å². The minimum absolute atomic E-state index is 0.133. The molecule has 1 aromatic carbocycles. The predicted molar refractivity (Wildman–Crippen MR) is 88.9 cm³/mol. The predicted octanol–water partition coefficient (Wildman–Crippen LogP) is 2.98. The quantitative estimate of drug-likeness (QED) is 0.838. The first kappa shape index (κ1) is 17.8. The highest BCUT2D eigenvalue weighted by molar-refractivity contribution is 5.73. The molecule has 2 atom stereocenters. The topological polar surface area (TPSA) is 86.5 Å². The van der Waals surface area contributed by atoms with Crippen molar-refractivity contribution in [3.8, 4) is 22.9 Å². The van der Waals surface area contributed by atoms with Crippen LogP contribution in [0.2, 0.25) is 0 Å². The van der Waals surface area contributed by atoms with Crippen LogP contribution in [-0.4, -0.2) is 30.3 Å². The average Bonchev–Trinajstić information content (AvgIpc) is 3.07. The minimum Gasteiger partial charge on any atom is -0.493 e. The second kappa shape index (κ2) is 7.81. The number of ether oxygens (including phenoxy) is 2. The van der Waals surface area contributed by atoms with Gasteiger partial charge in [-0.3, -0.25) is 4.79 Å². The van der Waals surface area contributed by atoms with Gasteiger partial charge >= 0.3 is 0 Å². The largest absolute Gasteiger partial charge is 0.493 e. The Balaban J connectivity index is 2.33. The van der Waals surface area contributed by atoms with Crippen molar-refractivity contribution in [2.75, 3.05) is 14.2 Å². The third-order valence-corrected chi connectivity index (χ3v) is 3.92. The van der Waals surface area contributed by atoms with E-state index in [1.54, 1.807) is 26.4 Å². The molecule has 2 aromatic rings. The van der Waals surface area contributed by atoms with Crippen molar-refractivity contribution in [3.05, 3.63) is 24.1 Å². The first-order valence-corrected chi connectivity index (χ1v) is 7.83. The van der Waals surface area contributed by atoms with E-state index in [4.69, 9.17) is 14.0 Å². The lowest BCUT2D eigenvalue weighted by molar-refractivity contribution is -0.120. The zero-order valence-electron chi connectivity index (χ0n) is 14.6. The van der Waals surface area contributed by atoms with Crippen molar-refractivity contribution in [3.63, 3.8) is 0 Å². The number of amides is 1. The fourth-order valence-corrected chi connectivity index (χ4v) is 2.36. The lowest BCUT2D eigenvalue weighted by Crippen LogP contribution is -2.30. The van der Waals surface area contributed by atoms with Crippen molar-refractivity contribution in [2.45, 2.75) is 33.2 Å². The van der Waals surface area contributed by atoms with Crippen molar-refractivity contribution in [1.82, 2.24) is 15.5 Å². The van der Waals surface area contributed by atoms with E-state index in [-0.39, 0.29) is 17.9 Å². The monoisotopic (exact) mass is 333 g/mol. The Morgan fingerprint density at radius 2 is 2.00 bits per heavy atom. The second-order valence-electron chi connectivity index (χ2n) is 5.59. The molecule has 24 heavy (non-hydrogen) atoms. The molecule has 0 bridgehead atoms. The normalized spacial score (nSPS) is 13.2. The number of carbonyl (C=O) groups excluding carboxylic acids is 1. The van der Waals surface area contributed by atoms with Crippen LogP contribution < -0.4 is 14.8 Å². The molecule has 0 saturated heterocycles. The summed E-state index contributed by atoms with van der Waals surface area (Å²) in [6.45, 7) is 5.55. The Bertz CT molecular complexity index is 699. The van der Waals surface area contributed by atoms with Crippen LogP contribution >= 0.6 is 0 Å². The molecule has 1 N–H and O–H groups in total. The molecule has 0 aliphatic heterocycles. The summed E-state index contributed by atoms with van der Waals surface area (Å²) in [5.41, 5.74) is 0.744. The van der Waals surface area contributed by atoms with E-state index >= 15 is 0 Å². The van der Waals surface area contributed by atoms with Crippen LogP contribution in [0, 0.1) is 5.92 Å². The molecule has 0 saturated carbocycles. The molecule has 0 aliphatic carbocycles. The average molecular weight is 333 g/mol. The smallest absolute Gasteiger partial charge is 0.249 e. The molecule has 0 radical (unpaired) electrons. The van der Waals surface area contributed by atoms with E-state index in [0.717, 1.165) is 12.0 Å². The minimum atomic E-state index is -0.311. The Morgan fingerprint density at radius 3 is 2.58 bits per heavy atom. The van der Waals surface area contributed by atoms with Crippen molar-refractivity contribution >= 4 is 5.91 Å². The fraction of sp³-hybridized carbons (Fsp3) is 0.471. The number of rotatable bonds is 7. The van der Waals surface area contributed by atoms with Gasteiger partial charge in [-0.25, -0.2) is 0 Å². The number of hydrogen-bond acceptors (Lipinski definition) is 6. The standard InChI is InChI=1S/C17H23N3O4/c1-6-10(2)15(18-11(3)21)17-19-16(20-24-17)12-7-8-13(22-4)14(9-12)23-5/h7-10,15H,6H2,1-5H3,(H,18,21)/t10-,15-/m0/s1. The van der Waals surface area contributed by atoms with Gasteiger partial charge in [-0.2, -0.15) is 4.98 Å². The number of nitrogens with one attached hydrogen (secondary N) is 1. The van der Waals surface area contributed by atoms with Gasteiger partial charge in [0.25, 0.3) is 0 Å². The molecule has 7 nitrogen and oxygen atoms in total. The molecule has 0 fully saturated rings. The summed E-state index contributed by atoms with van der Waals surface area (Å²) in [6, 6.07) is 5.08. The van der Waals surface area contributed by atoms with Crippen LogP contribution in [-0.2, 0) is 4.79 Å². The summed E-state index contributed by atoms with van der Waals surface area (Å²) in [7, 11) is 3.15. The molecule has 2 rings (SSSR count). The van der Waals surface area contributed by atoms with Gasteiger partial charge in [0, 0.05) is 12.5 Å². The molecule has 130 valence electrons. The van der Waals surface area contributed by atoms with E-state index < -0.39 is 0 Å². The van der Waals surface area contributed by atoms with Gasteiger partial charge in [0.1, 0.15) is 6.04 Å². The molecule has 1 amide bonds. The zero-order valence-corrected chi connectivity index (χ0v) is 14.6. The zero-order chi connectivity index (χ0) is 17.7. The highest BCUT2D eigenvalue weighted by Crippen LogP contribution is 2.32. The third kappa shape index (κ3) is 3.84. The van der Waals surface area contributed by atoms with Gasteiger partial charge < -0.3 is 19.3 Å². The molecule has 0 aliphatic rings. The van der Waals surface area contributed by atoms with Crippen molar-refractivity contribution in [2.24, 2.45) is 5.92 Å². The third-order valence-electron chi connectivity index (χ3n) is 3.92. The number of hydrogen-bond donors (Lipinski definition) is 1. The number of carbonyl (C=O) groups is 1. The summed E-state index contributed by atoms with van der Waals surface area (Å²) in [5, 5.41) is 6.90. The number of aromatic nitrogens is 2. The van der Waals surface area contributed by atoms with Gasteiger partial charge in [0.2, 0.25) is 17.6 Å². The van der Waals surface area contributed by atoms with Crippen LogP contribution in [0.3, 0.4) is 0 Å². The Morgan fingerprint density at radius 1 is 1.29 bits per heavy atom. The number of benzene rings is 1. The maximum Gasteiger partial charge on any atom is 0.249 e. The summed E-state index contributed by atoms with van der Waals surface area (Å²) in [4.78, 5) is 15.9. The molecule has 0 spiro atoms. The van der Waals surface area contributed by atoms with Crippen molar-refractivity contribution < 1.29 is 18.8 Å². The molecular formula is C17H23N3O4. The van der Waals surface area contributed by atoms with Crippen LogP contribution in [0.5, 0.6) is 11.5 Å². The summed E-state index contributed by atoms with van der Waals surface area (Å²) in [6.07, 6.45) is 0.874. The lowest BCUT2D eigenvalue weighted by atomic mass is 9.99. The van der Waals surface area contributed by atoms with E-state index in [9.17, 15) is 4.79 Å². The first-order chi connectivity index (χ1) is 11.5. The fourth-order valence-electron chi connectivity index (χ4n) is 2.36. The number of nitrogens with zero attached hydrogens (tertiary/aromatic N) is 2.